The molecule has 1 amide bonds. The van der Waals surface area contributed by atoms with Crippen molar-refractivity contribution in [3.8, 4) is 0 Å². The summed E-state index contributed by atoms with van der Waals surface area (Å²) in [5.41, 5.74) is 0. The molecule has 0 aromatic heterocycles. The molecule has 0 aliphatic carbocycles. The summed E-state index contributed by atoms with van der Waals surface area (Å²) in [6, 6.07) is 0. The Balaban J connectivity index is 3.83. The molecule has 0 unspecified atom stereocenters. The van der Waals surface area contributed by atoms with E-state index in [-0.39, 0.29) is 19.8 Å². The van der Waals surface area contributed by atoms with Crippen LogP contribution in [0.2, 0.25) is 0 Å². The number of thiol groups is 1. The van der Waals surface area contributed by atoms with Crippen LogP contribution in [0.3, 0.4) is 0 Å². The van der Waals surface area contributed by atoms with Crippen LogP contribution in [0.15, 0.2) is 0 Å². The molecule has 0 aromatic rings. The molecule has 7 heteroatoms. The van der Waals surface area contributed by atoms with Gasteiger partial charge in [-0.2, -0.15) is 5.06 Å². The lowest BCUT2D eigenvalue weighted by molar-refractivity contribution is -0.0928. The number of unbranched alkanes of at least 4 members (excludes halogenated alkanes) is 1. The molecule has 0 atom stereocenters. The van der Waals surface area contributed by atoms with Gasteiger partial charge in [0.05, 0.1) is 19.8 Å². The van der Waals surface area contributed by atoms with E-state index in [4.69, 9.17) is 4.74 Å². The first kappa shape index (κ1) is 16.1. The van der Waals surface area contributed by atoms with Gasteiger partial charge in [0.15, 0.2) is 0 Å². The number of hydrogen-bond donors (Lipinski definition) is 1. The van der Waals surface area contributed by atoms with Crippen molar-refractivity contribution in [3.63, 3.8) is 0 Å². The van der Waals surface area contributed by atoms with Crippen molar-refractivity contribution in [2.75, 3.05) is 26.4 Å². The van der Waals surface area contributed by atoms with Crippen LogP contribution in [-0.4, -0.2) is 42.8 Å². The van der Waals surface area contributed by atoms with E-state index in [0.717, 1.165) is 17.9 Å². The molecule has 0 fully saturated rings. The van der Waals surface area contributed by atoms with Crippen LogP contribution in [-0.2, 0) is 14.3 Å². The van der Waals surface area contributed by atoms with Crippen molar-refractivity contribution in [2.45, 2.75) is 26.7 Å². The average molecular weight is 265 g/mol. The number of amides is 1. The maximum atomic E-state index is 11.0. The van der Waals surface area contributed by atoms with Gasteiger partial charge in [-0.25, -0.2) is 4.79 Å². The molecule has 0 saturated carbocycles. The van der Waals surface area contributed by atoms with E-state index in [2.05, 4.69) is 29.1 Å². The third kappa shape index (κ3) is 8.82. The minimum atomic E-state index is -0.927. The molecule has 0 aliphatic rings. The Kier molecular flexibility index (Phi) is 9.65. The Morgan fingerprint density at radius 1 is 1.24 bits per heavy atom. The summed E-state index contributed by atoms with van der Waals surface area (Å²) in [6.07, 6.45) is 1.06. The quantitative estimate of drug-likeness (QED) is 0.331. The highest BCUT2D eigenvalue weighted by atomic mass is 32.1. The van der Waals surface area contributed by atoms with Crippen LogP contribution in [0.5, 0.6) is 0 Å². The van der Waals surface area contributed by atoms with Crippen LogP contribution in [0, 0.1) is 0 Å². The fourth-order valence-corrected chi connectivity index (χ4v) is 1.05. The second-order valence-electron chi connectivity index (χ2n) is 3.12. The summed E-state index contributed by atoms with van der Waals surface area (Å²) >= 11 is 3.58. The standard InChI is InChI=1S/C10H19NO5S/c1-3-5-7-14-8-6-11(9(12)17)16-10(13)15-4-2/h3-8H2,1-2H3,(H,12,17). The SMILES string of the molecule is CCCCOCCN(OC(=O)OCC)C(=O)S. The van der Waals surface area contributed by atoms with Crippen LogP contribution in [0.25, 0.3) is 0 Å². The largest absolute Gasteiger partial charge is 0.533 e. The number of ether oxygens (including phenoxy) is 2. The third-order valence-corrected chi connectivity index (χ3v) is 1.96. The Hall–Kier alpha value is -0.950. The van der Waals surface area contributed by atoms with Crippen LogP contribution in [0.4, 0.5) is 9.59 Å². The highest BCUT2D eigenvalue weighted by Crippen LogP contribution is 2.00. The molecule has 0 saturated heterocycles. The number of hydroxylamine groups is 2. The second-order valence-corrected chi connectivity index (χ2v) is 3.51. The lowest BCUT2D eigenvalue weighted by Crippen LogP contribution is -2.33. The third-order valence-electron chi connectivity index (χ3n) is 1.74. The van der Waals surface area contributed by atoms with E-state index in [1.807, 2.05) is 0 Å². The van der Waals surface area contributed by atoms with Gasteiger partial charge in [-0.1, -0.05) is 26.0 Å². The first-order valence-electron chi connectivity index (χ1n) is 5.54. The normalized spacial score (nSPS) is 9.82. The van der Waals surface area contributed by atoms with E-state index in [1.165, 1.54) is 0 Å². The fraction of sp³-hybridized carbons (Fsp3) is 0.800. The summed E-state index contributed by atoms with van der Waals surface area (Å²) in [4.78, 5) is 26.6. The zero-order chi connectivity index (χ0) is 13.1. The molecule has 0 spiro atoms. The molecule has 0 bridgehead atoms. The molecule has 0 N–H and O–H groups in total. The number of rotatable bonds is 7. The molecule has 0 radical (unpaired) electrons. The Bertz CT molecular complexity index is 237. The van der Waals surface area contributed by atoms with Crippen LogP contribution >= 0.6 is 12.6 Å². The maximum absolute atomic E-state index is 11.0. The van der Waals surface area contributed by atoms with E-state index < -0.39 is 11.4 Å². The smallest absolute Gasteiger partial charge is 0.433 e. The second kappa shape index (κ2) is 10.2. The molecule has 17 heavy (non-hydrogen) atoms. The zero-order valence-corrected chi connectivity index (χ0v) is 11.1. The van der Waals surface area contributed by atoms with Crippen molar-refractivity contribution in [1.29, 1.82) is 0 Å². The predicted octanol–water partition coefficient (Wildman–Crippen LogP) is 2.24. The lowest BCUT2D eigenvalue weighted by Gasteiger charge is -2.18. The van der Waals surface area contributed by atoms with E-state index in [1.54, 1.807) is 6.92 Å². The van der Waals surface area contributed by atoms with Crippen molar-refractivity contribution >= 4 is 24.0 Å². The van der Waals surface area contributed by atoms with E-state index in [0.29, 0.717) is 6.61 Å². The topological polar surface area (TPSA) is 65.1 Å². The minimum absolute atomic E-state index is 0.130. The number of nitrogens with zero attached hydrogens (tertiary/aromatic N) is 1. The summed E-state index contributed by atoms with van der Waals surface area (Å²) < 4.78 is 9.77. The number of hydrogen-bond acceptors (Lipinski definition) is 5. The van der Waals surface area contributed by atoms with Gasteiger partial charge in [0.2, 0.25) is 0 Å². The van der Waals surface area contributed by atoms with Gasteiger partial charge < -0.3 is 14.3 Å². The lowest BCUT2D eigenvalue weighted by atomic mass is 10.4. The summed E-state index contributed by atoms with van der Waals surface area (Å²) in [6.45, 7) is 4.90. The van der Waals surface area contributed by atoms with Gasteiger partial charge in [0.1, 0.15) is 0 Å². The summed E-state index contributed by atoms with van der Waals surface area (Å²) in [5, 5.41) is 0.129. The Morgan fingerprint density at radius 2 is 1.94 bits per heavy atom. The summed E-state index contributed by atoms with van der Waals surface area (Å²) in [5.74, 6) is 0. The molecule has 0 aromatic carbocycles. The van der Waals surface area contributed by atoms with Crippen molar-refractivity contribution < 1.29 is 23.9 Å². The van der Waals surface area contributed by atoms with Crippen LogP contribution < -0.4 is 0 Å². The molecule has 100 valence electrons. The predicted molar refractivity (Wildman–Crippen MR) is 64.9 cm³/mol. The van der Waals surface area contributed by atoms with Gasteiger partial charge in [0.25, 0.3) is 0 Å². The van der Waals surface area contributed by atoms with Gasteiger partial charge in [-0.3, -0.25) is 4.79 Å². The van der Waals surface area contributed by atoms with Crippen molar-refractivity contribution in [1.82, 2.24) is 5.06 Å². The molecule has 0 aliphatic heterocycles. The number of carbonyl (C=O) groups is 2. The van der Waals surface area contributed by atoms with E-state index >= 15 is 0 Å². The average Bonchev–Trinajstić information content (AvgIpc) is 2.27. The highest BCUT2D eigenvalue weighted by Gasteiger charge is 2.16. The first-order chi connectivity index (χ1) is 8.11. The molecule has 6 nitrogen and oxygen atoms in total. The van der Waals surface area contributed by atoms with Gasteiger partial charge >= 0.3 is 11.4 Å². The molecule has 0 heterocycles. The summed E-state index contributed by atoms with van der Waals surface area (Å²) in [7, 11) is 0. The van der Waals surface area contributed by atoms with Crippen molar-refractivity contribution in [2.24, 2.45) is 0 Å². The van der Waals surface area contributed by atoms with E-state index in [9.17, 15) is 9.59 Å². The van der Waals surface area contributed by atoms with Gasteiger partial charge in [0, 0.05) is 6.61 Å². The van der Waals surface area contributed by atoms with Crippen molar-refractivity contribution in [3.05, 3.63) is 0 Å². The maximum Gasteiger partial charge on any atom is 0.533 e. The van der Waals surface area contributed by atoms with Crippen LogP contribution in [0.1, 0.15) is 26.7 Å². The molecular formula is C10H19NO5S. The zero-order valence-electron chi connectivity index (χ0n) is 10.2. The van der Waals surface area contributed by atoms with Gasteiger partial charge in [-0.05, 0) is 13.3 Å². The first-order valence-corrected chi connectivity index (χ1v) is 5.99. The fourth-order valence-electron chi connectivity index (χ4n) is 0.910. The monoisotopic (exact) mass is 265 g/mol. The Morgan fingerprint density at radius 3 is 2.47 bits per heavy atom. The molecule has 0 rings (SSSR count). The Labute approximate surface area is 107 Å². The molecular weight excluding hydrogens is 246 g/mol. The highest BCUT2D eigenvalue weighted by molar-refractivity contribution is 7.96. The minimum Gasteiger partial charge on any atom is -0.433 e. The van der Waals surface area contributed by atoms with Gasteiger partial charge in [-0.15, -0.1) is 0 Å². The number of carbonyl (C=O) groups excluding carboxylic acids is 2.